The van der Waals surface area contributed by atoms with Crippen molar-refractivity contribution >= 4 is 0 Å². The van der Waals surface area contributed by atoms with Crippen molar-refractivity contribution in [1.82, 2.24) is 10.2 Å². The van der Waals surface area contributed by atoms with E-state index in [4.69, 9.17) is 0 Å². The lowest BCUT2D eigenvalue weighted by Crippen LogP contribution is -2.38. The minimum absolute atomic E-state index is 0.197. The molecule has 1 aliphatic carbocycles. The Balaban J connectivity index is 1.44. The van der Waals surface area contributed by atoms with Crippen molar-refractivity contribution in [1.29, 1.82) is 0 Å². The molecule has 6 heteroatoms. The summed E-state index contributed by atoms with van der Waals surface area (Å²) in [5, 5.41) is 3.57. The molecule has 0 aromatic heterocycles. The second-order valence-electron chi connectivity index (χ2n) is 5.99. The number of nitrogens with one attached hydrogen (secondary N) is 1. The molecule has 2 aliphatic rings. The van der Waals surface area contributed by atoms with Gasteiger partial charge in [-0.3, -0.25) is 0 Å². The normalized spacial score (nSPS) is 22.4. The van der Waals surface area contributed by atoms with Crippen LogP contribution in [0, 0.1) is 5.92 Å². The summed E-state index contributed by atoms with van der Waals surface area (Å²) >= 11 is 0. The lowest BCUT2D eigenvalue weighted by atomic mass is 9.96. The fraction of sp³-hybridized carbons (Fsp3) is 1.00. The average Bonchev–Trinajstić information content (AvgIpc) is 3.20. The molecule has 0 spiro atoms. The Bertz CT molecular complexity index is 274. The van der Waals surface area contributed by atoms with Crippen LogP contribution in [0.25, 0.3) is 0 Å². The summed E-state index contributed by atoms with van der Waals surface area (Å²) in [6.07, 6.45) is 1.54. The highest BCUT2D eigenvalue weighted by Gasteiger charge is 2.27. The molecular weight excluding hydrogens is 269 g/mol. The number of hydrogen-bond donors (Lipinski definition) is 1. The Morgan fingerprint density at radius 1 is 1.10 bits per heavy atom. The van der Waals surface area contributed by atoms with Crippen molar-refractivity contribution in [2.75, 3.05) is 39.4 Å². The Kier molecular flexibility index (Phi) is 6.11. The summed E-state index contributed by atoms with van der Waals surface area (Å²) in [7, 11) is 0. The third kappa shape index (κ3) is 6.90. The summed E-state index contributed by atoms with van der Waals surface area (Å²) in [6.45, 7) is 3.19. The fourth-order valence-electron chi connectivity index (χ4n) is 2.61. The Labute approximate surface area is 118 Å². The van der Waals surface area contributed by atoms with Crippen molar-refractivity contribution in [2.45, 2.75) is 44.3 Å². The lowest BCUT2D eigenvalue weighted by molar-refractivity contribution is -0.174. The Morgan fingerprint density at radius 2 is 1.80 bits per heavy atom. The van der Waals surface area contributed by atoms with Crippen molar-refractivity contribution < 1.29 is 17.9 Å². The maximum absolute atomic E-state index is 11.9. The monoisotopic (exact) mass is 294 g/mol. The van der Waals surface area contributed by atoms with Gasteiger partial charge in [0.2, 0.25) is 0 Å². The quantitative estimate of drug-likeness (QED) is 0.696. The molecule has 0 unspecified atom stereocenters. The number of piperidine rings is 1. The summed E-state index contributed by atoms with van der Waals surface area (Å²) in [4.78, 5) is 2.34. The molecule has 1 heterocycles. The second-order valence-corrected chi connectivity index (χ2v) is 5.99. The van der Waals surface area contributed by atoms with E-state index in [1.165, 1.54) is 25.7 Å². The topological polar surface area (TPSA) is 24.5 Å². The van der Waals surface area contributed by atoms with Gasteiger partial charge in [-0.05, 0) is 57.7 Å². The largest absolute Gasteiger partial charge is 0.411 e. The van der Waals surface area contributed by atoms with Crippen LogP contribution in [0.5, 0.6) is 0 Å². The number of likely N-dealkylation sites (tertiary alicyclic amines) is 1. The van der Waals surface area contributed by atoms with Gasteiger partial charge in [-0.25, -0.2) is 0 Å². The van der Waals surface area contributed by atoms with Gasteiger partial charge < -0.3 is 15.0 Å². The van der Waals surface area contributed by atoms with Crippen LogP contribution in [0.4, 0.5) is 13.2 Å². The van der Waals surface area contributed by atoms with Crippen LogP contribution in [0.15, 0.2) is 0 Å². The number of rotatable bonds is 8. The first-order valence-corrected chi connectivity index (χ1v) is 7.63. The van der Waals surface area contributed by atoms with E-state index in [0.717, 1.165) is 38.1 Å². The zero-order valence-corrected chi connectivity index (χ0v) is 11.9. The molecule has 2 fully saturated rings. The van der Waals surface area contributed by atoms with Crippen LogP contribution in [0.3, 0.4) is 0 Å². The SMILES string of the molecule is FC(F)(F)COCCCN1CCC(CNC2CC2)CC1. The van der Waals surface area contributed by atoms with Gasteiger partial charge in [0, 0.05) is 19.2 Å². The maximum Gasteiger partial charge on any atom is 0.411 e. The van der Waals surface area contributed by atoms with Crippen molar-refractivity contribution in [3.8, 4) is 0 Å². The molecule has 118 valence electrons. The molecule has 1 aliphatic heterocycles. The number of halogens is 3. The van der Waals surface area contributed by atoms with Gasteiger partial charge in [-0.1, -0.05) is 0 Å². The molecule has 0 atom stereocenters. The van der Waals surface area contributed by atoms with Gasteiger partial charge in [-0.15, -0.1) is 0 Å². The first-order valence-electron chi connectivity index (χ1n) is 7.63. The third-order valence-electron chi connectivity index (χ3n) is 4.01. The van der Waals surface area contributed by atoms with Crippen LogP contribution in [0.2, 0.25) is 0 Å². The predicted molar refractivity (Wildman–Crippen MR) is 71.7 cm³/mol. The highest BCUT2D eigenvalue weighted by molar-refractivity contribution is 4.83. The smallest absolute Gasteiger partial charge is 0.372 e. The molecule has 2 rings (SSSR count). The third-order valence-corrected chi connectivity index (χ3v) is 4.01. The molecule has 0 bridgehead atoms. The predicted octanol–water partition coefficient (Wildman–Crippen LogP) is 2.42. The molecule has 0 aromatic rings. The molecule has 20 heavy (non-hydrogen) atoms. The van der Waals surface area contributed by atoms with Crippen LogP contribution < -0.4 is 5.32 Å². The van der Waals surface area contributed by atoms with Crippen LogP contribution in [0.1, 0.15) is 32.1 Å². The zero-order chi connectivity index (χ0) is 14.4. The number of hydrogen-bond acceptors (Lipinski definition) is 3. The number of alkyl halides is 3. The van der Waals surface area contributed by atoms with E-state index < -0.39 is 12.8 Å². The summed E-state index contributed by atoms with van der Waals surface area (Å²) in [6, 6.07) is 0.777. The van der Waals surface area contributed by atoms with Gasteiger partial charge in [0.15, 0.2) is 0 Å². The first-order chi connectivity index (χ1) is 9.53. The number of ether oxygens (including phenoxy) is 1. The van der Waals surface area contributed by atoms with E-state index in [-0.39, 0.29) is 6.61 Å². The van der Waals surface area contributed by atoms with Gasteiger partial charge >= 0.3 is 6.18 Å². The standard InChI is InChI=1S/C14H25F3N2O/c15-14(16,17)11-20-9-1-6-19-7-4-12(5-8-19)10-18-13-2-3-13/h12-13,18H,1-11H2. The van der Waals surface area contributed by atoms with E-state index >= 15 is 0 Å². The molecule has 3 nitrogen and oxygen atoms in total. The fourth-order valence-corrected chi connectivity index (χ4v) is 2.61. The van der Waals surface area contributed by atoms with Gasteiger partial charge in [0.25, 0.3) is 0 Å². The average molecular weight is 294 g/mol. The first kappa shape index (κ1) is 16.0. The molecular formula is C14H25F3N2O. The van der Waals surface area contributed by atoms with E-state index in [2.05, 4.69) is 15.0 Å². The second kappa shape index (κ2) is 7.61. The van der Waals surface area contributed by atoms with Crippen molar-refractivity contribution in [2.24, 2.45) is 5.92 Å². The highest BCUT2D eigenvalue weighted by atomic mass is 19.4. The molecule has 1 N–H and O–H groups in total. The van der Waals surface area contributed by atoms with Gasteiger partial charge in [0.1, 0.15) is 6.61 Å². The summed E-state index contributed by atoms with van der Waals surface area (Å²) in [5.41, 5.74) is 0. The zero-order valence-electron chi connectivity index (χ0n) is 11.9. The van der Waals surface area contributed by atoms with Gasteiger partial charge in [0.05, 0.1) is 0 Å². The molecule has 1 saturated heterocycles. The van der Waals surface area contributed by atoms with E-state index in [1.807, 2.05) is 0 Å². The Hall–Kier alpha value is -0.330. The van der Waals surface area contributed by atoms with Crippen molar-refractivity contribution in [3.05, 3.63) is 0 Å². The van der Waals surface area contributed by atoms with E-state index in [1.54, 1.807) is 0 Å². The number of nitrogens with zero attached hydrogens (tertiary/aromatic N) is 1. The minimum Gasteiger partial charge on any atom is -0.372 e. The van der Waals surface area contributed by atoms with Crippen molar-refractivity contribution in [3.63, 3.8) is 0 Å². The van der Waals surface area contributed by atoms with E-state index in [0.29, 0.717) is 6.42 Å². The maximum atomic E-state index is 11.9. The van der Waals surface area contributed by atoms with Crippen LogP contribution in [-0.4, -0.2) is 56.5 Å². The van der Waals surface area contributed by atoms with Gasteiger partial charge in [-0.2, -0.15) is 13.2 Å². The minimum atomic E-state index is -4.20. The summed E-state index contributed by atoms with van der Waals surface area (Å²) in [5.74, 6) is 0.772. The lowest BCUT2D eigenvalue weighted by Gasteiger charge is -2.32. The molecule has 0 aromatic carbocycles. The van der Waals surface area contributed by atoms with Crippen LogP contribution >= 0.6 is 0 Å². The highest BCUT2D eigenvalue weighted by Crippen LogP contribution is 2.21. The van der Waals surface area contributed by atoms with E-state index in [9.17, 15) is 13.2 Å². The molecule has 0 radical (unpaired) electrons. The molecule has 0 amide bonds. The summed E-state index contributed by atoms with van der Waals surface area (Å²) < 4.78 is 40.2. The molecule has 1 saturated carbocycles. The van der Waals surface area contributed by atoms with Crippen LogP contribution in [-0.2, 0) is 4.74 Å². The Morgan fingerprint density at radius 3 is 2.40 bits per heavy atom.